The van der Waals surface area contributed by atoms with Crippen LogP contribution in [0.25, 0.3) is 0 Å². The lowest BCUT2D eigenvalue weighted by Gasteiger charge is -2.27. The van der Waals surface area contributed by atoms with Crippen molar-refractivity contribution < 1.29 is 18.9 Å². The van der Waals surface area contributed by atoms with E-state index in [1.54, 1.807) is 21.3 Å². The molecule has 1 aliphatic heterocycles. The third-order valence-electron chi connectivity index (χ3n) is 3.05. The summed E-state index contributed by atoms with van der Waals surface area (Å²) < 4.78 is 21.1. The highest BCUT2D eigenvalue weighted by Crippen LogP contribution is 2.33. The van der Waals surface area contributed by atoms with Gasteiger partial charge in [0.05, 0.1) is 20.3 Å². The highest BCUT2D eigenvalue weighted by atomic mass is 16.7. The monoisotopic (exact) mass is 238 g/mol. The Morgan fingerprint density at radius 1 is 1.18 bits per heavy atom. The molecule has 0 saturated carbocycles. The lowest BCUT2D eigenvalue weighted by molar-refractivity contribution is -0.107. The molecule has 0 radical (unpaired) electrons. The van der Waals surface area contributed by atoms with Gasteiger partial charge in [0.15, 0.2) is 6.29 Å². The van der Waals surface area contributed by atoms with Crippen LogP contribution in [0.15, 0.2) is 18.2 Å². The Hall–Kier alpha value is -1.10. The third-order valence-corrected chi connectivity index (χ3v) is 3.05. The van der Waals surface area contributed by atoms with Gasteiger partial charge in [-0.25, -0.2) is 0 Å². The van der Waals surface area contributed by atoms with Gasteiger partial charge in [0.2, 0.25) is 0 Å². The highest BCUT2D eigenvalue weighted by Gasteiger charge is 2.23. The predicted molar refractivity (Wildman–Crippen MR) is 63.3 cm³/mol. The minimum atomic E-state index is -0.397. The van der Waals surface area contributed by atoms with Crippen molar-refractivity contribution in [1.29, 1.82) is 0 Å². The topological polar surface area (TPSA) is 36.9 Å². The summed E-state index contributed by atoms with van der Waals surface area (Å²) in [5.41, 5.74) is 2.16. The van der Waals surface area contributed by atoms with Crippen LogP contribution >= 0.6 is 0 Å². The Morgan fingerprint density at radius 3 is 2.35 bits per heavy atom. The Kier molecular flexibility index (Phi) is 3.99. The summed E-state index contributed by atoms with van der Waals surface area (Å²) >= 11 is 0. The second kappa shape index (κ2) is 5.49. The summed E-state index contributed by atoms with van der Waals surface area (Å²) in [5, 5.41) is 0. The number of hydrogen-bond donors (Lipinski definition) is 0. The van der Waals surface area contributed by atoms with Crippen molar-refractivity contribution in [3.8, 4) is 5.75 Å². The molecule has 94 valence electrons. The summed E-state index contributed by atoms with van der Waals surface area (Å²) in [5.74, 6) is 1.26. The van der Waals surface area contributed by atoms with E-state index in [0.29, 0.717) is 5.92 Å². The zero-order valence-corrected chi connectivity index (χ0v) is 10.4. The van der Waals surface area contributed by atoms with Crippen LogP contribution in [0.5, 0.6) is 5.75 Å². The maximum Gasteiger partial charge on any atom is 0.186 e. The zero-order chi connectivity index (χ0) is 12.3. The summed E-state index contributed by atoms with van der Waals surface area (Å²) in [7, 11) is 4.88. The molecule has 0 aliphatic carbocycles. The first-order valence-corrected chi connectivity index (χ1v) is 5.61. The van der Waals surface area contributed by atoms with Gasteiger partial charge >= 0.3 is 0 Å². The fourth-order valence-electron chi connectivity index (χ4n) is 1.97. The van der Waals surface area contributed by atoms with Gasteiger partial charge in [-0.05, 0) is 17.7 Å². The summed E-state index contributed by atoms with van der Waals surface area (Å²) in [4.78, 5) is 0. The van der Waals surface area contributed by atoms with Gasteiger partial charge in [0.1, 0.15) is 5.75 Å². The van der Waals surface area contributed by atoms with Gasteiger partial charge in [0, 0.05) is 25.7 Å². The van der Waals surface area contributed by atoms with Crippen molar-refractivity contribution in [3.63, 3.8) is 0 Å². The van der Waals surface area contributed by atoms with E-state index < -0.39 is 6.29 Å². The third kappa shape index (κ3) is 2.44. The maximum absolute atomic E-state index is 5.33. The van der Waals surface area contributed by atoms with Gasteiger partial charge in [-0.15, -0.1) is 0 Å². The van der Waals surface area contributed by atoms with Gasteiger partial charge in [-0.3, -0.25) is 0 Å². The number of benzene rings is 1. The number of methoxy groups -OCH3 is 3. The predicted octanol–water partition coefficient (Wildman–Crippen LogP) is 2.10. The molecule has 2 rings (SSSR count). The Morgan fingerprint density at radius 2 is 1.88 bits per heavy atom. The first-order chi connectivity index (χ1) is 8.30. The molecular formula is C13H18O4. The normalized spacial score (nSPS) is 16.0. The van der Waals surface area contributed by atoms with Crippen molar-refractivity contribution in [3.05, 3.63) is 29.3 Å². The average Bonchev–Trinajstić information content (AvgIpc) is 2.29. The van der Waals surface area contributed by atoms with Gasteiger partial charge in [0.25, 0.3) is 0 Å². The molecule has 1 fully saturated rings. The molecule has 0 unspecified atom stereocenters. The zero-order valence-electron chi connectivity index (χ0n) is 10.4. The molecule has 0 N–H and O–H groups in total. The van der Waals surface area contributed by atoms with Crippen LogP contribution in [-0.2, 0) is 14.2 Å². The van der Waals surface area contributed by atoms with Crippen LogP contribution < -0.4 is 4.74 Å². The minimum Gasteiger partial charge on any atom is -0.496 e. The van der Waals surface area contributed by atoms with Crippen molar-refractivity contribution in [2.45, 2.75) is 12.2 Å². The lowest BCUT2D eigenvalue weighted by atomic mass is 9.95. The van der Waals surface area contributed by atoms with E-state index in [9.17, 15) is 0 Å². The van der Waals surface area contributed by atoms with Crippen LogP contribution in [-0.4, -0.2) is 34.5 Å². The Balaban J connectivity index is 2.31. The molecule has 1 aromatic rings. The number of hydrogen-bond acceptors (Lipinski definition) is 4. The van der Waals surface area contributed by atoms with Gasteiger partial charge < -0.3 is 18.9 Å². The summed E-state index contributed by atoms with van der Waals surface area (Å²) in [6, 6.07) is 6.09. The molecule has 17 heavy (non-hydrogen) atoms. The van der Waals surface area contributed by atoms with Crippen molar-refractivity contribution in [2.24, 2.45) is 0 Å². The van der Waals surface area contributed by atoms with Crippen LogP contribution in [0.1, 0.15) is 23.3 Å². The maximum atomic E-state index is 5.33. The van der Waals surface area contributed by atoms with Crippen LogP contribution in [0, 0.1) is 0 Å². The standard InChI is InChI=1S/C13H18O4/c1-14-12-5-4-9(10-7-17-8-10)6-11(12)13(15-2)16-3/h4-6,10,13H,7-8H2,1-3H3. The van der Waals surface area contributed by atoms with Crippen LogP contribution in [0.2, 0.25) is 0 Å². The number of ether oxygens (including phenoxy) is 4. The SMILES string of the molecule is COc1ccc(C2COC2)cc1C(OC)OC. The van der Waals surface area contributed by atoms with E-state index in [-0.39, 0.29) is 0 Å². The van der Waals surface area contributed by atoms with E-state index in [0.717, 1.165) is 24.5 Å². The molecule has 0 amide bonds. The fraction of sp³-hybridized carbons (Fsp3) is 0.538. The minimum absolute atomic E-state index is 0.397. The van der Waals surface area contributed by atoms with E-state index in [1.165, 1.54) is 5.56 Å². The molecule has 1 saturated heterocycles. The average molecular weight is 238 g/mol. The first-order valence-electron chi connectivity index (χ1n) is 5.61. The van der Waals surface area contributed by atoms with Crippen molar-refractivity contribution >= 4 is 0 Å². The molecule has 4 heteroatoms. The van der Waals surface area contributed by atoms with Crippen LogP contribution in [0.3, 0.4) is 0 Å². The van der Waals surface area contributed by atoms with Crippen LogP contribution in [0.4, 0.5) is 0 Å². The summed E-state index contributed by atoms with van der Waals surface area (Å²) in [6.07, 6.45) is -0.397. The highest BCUT2D eigenvalue weighted by molar-refractivity contribution is 5.40. The molecule has 1 aliphatic rings. The largest absolute Gasteiger partial charge is 0.496 e. The Bertz CT molecular complexity index is 370. The molecule has 0 spiro atoms. The molecule has 1 aromatic carbocycles. The second-order valence-corrected chi connectivity index (χ2v) is 4.04. The molecule has 1 heterocycles. The molecular weight excluding hydrogens is 220 g/mol. The van der Waals surface area contributed by atoms with E-state index in [4.69, 9.17) is 18.9 Å². The molecule has 4 nitrogen and oxygen atoms in total. The lowest BCUT2D eigenvalue weighted by Crippen LogP contribution is -2.25. The first kappa shape index (κ1) is 12.4. The van der Waals surface area contributed by atoms with E-state index >= 15 is 0 Å². The van der Waals surface area contributed by atoms with Gasteiger partial charge in [-0.1, -0.05) is 6.07 Å². The Labute approximate surface area is 101 Å². The molecule has 0 aromatic heterocycles. The smallest absolute Gasteiger partial charge is 0.186 e. The quantitative estimate of drug-likeness (QED) is 0.736. The molecule has 0 bridgehead atoms. The second-order valence-electron chi connectivity index (χ2n) is 4.04. The van der Waals surface area contributed by atoms with E-state index in [2.05, 4.69) is 12.1 Å². The number of rotatable bonds is 5. The fourth-order valence-corrected chi connectivity index (χ4v) is 1.97. The van der Waals surface area contributed by atoms with E-state index in [1.807, 2.05) is 6.07 Å². The van der Waals surface area contributed by atoms with Crippen molar-refractivity contribution in [2.75, 3.05) is 34.5 Å². The van der Waals surface area contributed by atoms with Crippen molar-refractivity contribution in [1.82, 2.24) is 0 Å². The van der Waals surface area contributed by atoms with Gasteiger partial charge in [-0.2, -0.15) is 0 Å². The summed E-state index contributed by atoms with van der Waals surface area (Å²) in [6.45, 7) is 1.58. The molecule has 0 atom stereocenters.